The van der Waals surface area contributed by atoms with Crippen molar-refractivity contribution in [2.45, 2.75) is 26.3 Å². The monoisotopic (exact) mass is 239 g/mol. The molecule has 0 atom stereocenters. The van der Waals surface area contributed by atoms with Gasteiger partial charge in [0.05, 0.1) is 0 Å². The summed E-state index contributed by atoms with van der Waals surface area (Å²) < 4.78 is 0. The van der Waals surface area contributed by atoms with Gasteiger partial charge in [-0.05, 0) is 41.3 Å². The first-order chi connectivity index (χ1) is 8.70. The first-order valence-electron chi connectivity index (χ1n) is 6.54. The Kier molecular flexibility index (Phi) is 4.16. The molecule has 0 saturated carbocycles. The van der Waals surface area contributed by atoms with Gasteiger partial charge in [-0.1, -0.05) is 56.3 Å². The number of benzene rings is 2. The third-order valence-electron chi connectivity index (χ3n) is 3.22. The van der Waals surface area contributed by atoms with E-state index in [0.29, 0.717) is 5.92 Å². The summed E-state index contributed by atoms with van der Waals surface area (Å²) in [5.74, 6) is 0.592. The summed E-state index contributed by atoms with van der Waals surface area (Å²) in [4.78, 5) is 0. The van der Waals surface area contributed by atoms with Gasteiger partial charge in [0.2, 0.25) is 0 Å². The van der Waals surface area contributed by atoms with Gasteiger partial charge in [-0.25, -0.2) is 0 Å². The molecule has 18 heavy (non-hydrogen) atoms. The molecule has 0 aliphatic rings. The molecule has 2 aromatic carbocycles. The van der Waals surface area contributed by atoms with E-state index in [1.165, 1.54) is 22.3 Å². The van der Waals surface area contributed by atoms with Crippen LogP contribution in [-0.4, -0.2) is 7.05 Å². The summed E-state index contributed by atoms with van der Waals surface area (Å²) in [5.41, 5.74) is 5.29. The largest absolute Gasteiger partial charge is 0.316 e. The van der Waals surface area contributed by atoms with Gasteiger partial charge < -0.3 is 5.32 Å². The number of hydrogen-bond donors (Lipinski definition) is 1. The molecule has 2 aromatic rings. The second-order valence-corrected chi connectivity index (χ2v) is 5.01. The lowest BCUT2D eigenvalue weighted by Crippen LogP contribution is -2.04. The van der Waals surface area contributed by atoms with Crippen LogP contribution in [0.3, 0.4) is 0 Å². The predicted molar refractivity (Wildman–Crippen MR) is 78.7 cm³/mol. The van der Waals surface area contributed by atoms with E-state index in [4.69, 9.17) is 0 Å². The smallest absolute Gasteiger partial charge is 0.0202 e. The Labute approximate surface area is 110 Å². The summed E-state index contributed by atoms with van der Waals surface area (Å²) in [6.07, 6.45) is 0. The molecular formula is C17H21N. The van der Waals surface area contributed by atoms with E-state index >= 15 is 0 Å². The Morgan fingerprint density at radius 2 is 1.67 bits per heavy atom. The standard InChI is InChI=1S/C17H21N/c1-13(2)15-7-9-16(10-8-15)17-6-4-5-14(11-17)12-18-3/h4-11,13,18H,12H2,1-3H3. The highest BCUT2D eigenvalue weighted by molar-refractivity contribution is 5.64. The second-order valence-electron chi connectivity index (χ2n) is 5.01. The lowest BCUT2D eigenvalue weighted by atomic mass is 9.98. The number of hydrogen-bond acceptors (Lipinski definition) is 1. The predicted octanol–water partition coefficient (Wildman–Crippen LogP) is 4.20. The molecule has 1 heteroatoms. The zero-order valence-corrected chi connectivity index (χ0v) is 11.4. The van der Waals surface area contributed by atoms with Crippen LogP contribution in [0.4, 0.5) is 0 Å². The fraction of sp³-hybridized carbons (Fsp3) is 0.294. The Morgan fingerprint density at radius 3 is 2.28 bits per heavy atom. The molecule has 0 fully saturated rings. The van der Waals surface area contributed by atoms with Crippen LogP contribution in [0, 0.1) is 0 Å². The molecule has 0 radical (unpaired) electrons. The zero-order valence-electron chi connectivity index (χ0n) is 11.4. The number of nitrogens with one attached hydrogen (secondary N) is 1. The summed E-state index contributed by atoms with van der Waals surface area (Å²) in [6.45, 7) is 5.36. The highest BCUT2D eigenvalue weighted by Crippen LogP contribution is 2.23. The lowest BCUT2D eigenvalue weighted by molar-refractivity contribution is 0.818. The van der Waals surface area contributed by atoms with Crippen molar-refractivity contribution in [2.24, 2.45) is 0 Å². The van der Waals surface area contributed by atoms with Crippen molar-refractivity contribution in [3.05, 3.63) is 59.7 Å². The summed E-state index contributed by atoms with van der Waals surface area (Å²) in [6, 6.07) is 17.6. The van der Waals surface area contributed by atoms with Crippen molar-refractivity contribution in [1.29, 1.82) is 0 Å². The van der Waals surface area contributed by atoms with E-state index in [0.717, 1.165) is 6.54 Å². The first-order valence-corrected chi connectivity index (χ1v) is 6.54. The van der Waals surface area contributed by atoms with E-state index in [9.17, 15) is 0 Å². The molecule has 0 aliphatic carbocycles. The van der Waals surface area contributed by atoms with Crippen molar-refractivity contribution >= 4 is 0 Å². The van der Waals surface area contributed by atoms with Gasteiger partial charge >= 0.3 is 0 Å². The van der Waals surface area contributed by atoms with Crippen LogP contribution in [0.1, 0.15) is 30.9 Å². The van der Waals surface area contributed by atoms with E-state index in [2.05, 4.69) is 67.7 Å². The highest BCUT2D eigenvalue weighted by atomic mass is 14.8. The highest BCUT2D eigenvalue weighted by Gasteiger charge is 2.01. The molecule has 0 heterocycles. The minimum Gasteiger partial charge on any atom is -0.316 e. The van der Waals surface area contributed by atoms with Crippen LogP contribution >= 0.6 is 0 Å². The fourth-order valence-corrected chi connectivity index (χ4v) is 2.13. The molecule has 0 amide bonds. The molecule has 0 aromatic heterocycles. The third-order valence-corrected chi connectivity index (χ3v) is 3.22. The Morgan fingerprint density at radius 1 is 0.944 bits per heavy atom. The van der Waals surface area contributed by atoms with Gasteiger partial charge in [0.1, 0.15) is 0 Å². The maximum absolute atomic E-state index is 3.19. The molecule has 0 bridgehead atoms. The molecular weight excluding hydrogens is 218 g/mol. The molecule has 1 N–H and O–H groups in total. The first kappa shape index (κ1) is 12.8. The van der Waals surface area contributed by atoms with Crippen molar-refractivity contribution in [3.8, 4) is 11.1 Å². The Hall–Kier alpha value is -1.60. The summed E-state index contributed by atoms with van der Waals surface area (Å²) in [5, 5.41) is 3.19. The summed E-state index contributed by atoms with van der Waals surface area (Å²) in [7, 11) is 1.98. The van der Waals surface area contributed by atoms with Gasteiger partial charge in [-0.15, -0.1) is 0 Å². The van der Waals surface area contributed by atoms with E-state index in [1.54, 1.807) is 0 Å². The quantitative estimate of drug-likeness (QED) is 0.843. The minimum absolute atomic E-state index is 0.592. The average molecular weight is 239 g/mol. The van der Waals surface area contributed by atoms with Crippen molar-refractivity contribution < 1.29 is 0 Å². The van der Waals surface area contributed by atoms with Gasteiger partial charge in [-0.2, -0.15) is 0 Å². The average Bonchev–Trinajstić information content (AvgIpc) is 2.39. The maximum atomic E-state index is 3.19. The van der Waals surface area contributed by atoms with Gasteiger partial charge in [-0.3, -0.25) is 0 Å². The zero-order chi connectivity index (χ0) is 13.0. The van der Waals surface area contributed by atoms with E-state index in [1.807, 2.05) is 7.05 Å². The lowest BCUT2D eigenvalue weighted by Gasteiger charge is -2.08. The fourth-order valence-electron chi connectivity index (χ4n) is 2.13. The van der Waals surface area contributed by atoms with E-state index in [-0.39, 0.29) is 0 Å². The summed E-state index contributed by atoms with van der Waals surface area (Å²) >= 11 is 0. The van der Waals surface area contributed by atoms with Crippen molar-refractivity contribution in [1.82, 2.24) is 5.32 Å². The molecule has 0 spiro atoms. The van der Waals surface area contributed by atoms with Crippen molar-refractivity contribution in [3.63, 3.8) is 0 Å². The maximum Gasteiger partial charge on any atom is 0.0202 e. The number of rotatable bonds is 4. The molecule has 0 saturated heterocycles. The van der Waals surface area contributed by atoms with Crippen LogP contribution in [0.2, 0.25) is 0 Å². The molecule has 94 valence electrons. The van der Waals surface area contributed by atoms with Gasteiger partial charge in [0, 0.05) is 6.54 Å². The molecule has 2 rings (SSSR count). The van der Waals surface area contributed by atoms with Gasteiger partial charge in [0.25, 0.3) is 0 Å². The normalized spacial score (nSPS) is 10.9. The van der Waals surface area contributed by atoms with Crippen LogP contribution in [0.5, 0.6) is 0 Å². The van der Waals surface area contributed by atoms with Gasteiger partial charge in [0.15, 0.2) is 0 Å². The second kappa shape index (κ2) is 5.83. The molecule has 1 nitrogen and oxygen atoms in total. The Balaban J connectivity index is 2.27. The van der Waals surface area contributed by atoms with Crippen LogP contribution in [-0.2, 0) is 6.54 Å². The van der Waals surface area contributed by atoms with Crippen LogP contribution < -0.4 is 5.32 Å². The molecule has 0 unspecified atom stereocenters. The Bertz CT molecular complexity index is 497. The SMILES string of the molecule is CNCc1cccc(-c2ccc(C(C)C)cc2)c1. The van der Waals surface area contributed by atoms with E-state index < -0.39 is 0 Å². The van der Waals surface area contributed by atoms with Crippen molar-refractivity contribution in [2.75, 3.05) is 7.05 Å². The molecule has 0 aliphatic heterocycles. The third kappa shape index (κ3) is 2.99. The topological polar surface area (TPSA) is 12.0 Å². The van der Waals surface area contributed by atoms with Crippen LogP contribution in [0.25, 0.3) is 11.1 Å². The van der Waals surface area contributed by atoms with Crippen LogP contribution in [0.15, 0.2) is 48.5 Å². The minimum atomic E-state index is 0.592.